The molecule has 0 atom stereocenters. The van der Waals surface area contributed by atoms with Crippen LogP contribution in [-0.2, 0) is 12.8 Å². The molecule has 3 aliphatic heterocycles. The van der Waals surface area contributed by atoms with E-state index >= 15 is 0 Å². The summed E-state index contributed by atoms with van der Waals surface area (Å²) >= 11 is 0. The van der Waals surface area contributed by atoms with Crippen LogP contribution in [0.5, 0.6) is 69.0 Å². The maximum atomic E-state index is 12.3. The van der Waals surface area contributed by atoms with Gasteiger partial charge in [-0.2, -0.15) is 0 Å². The second-order valence-electron chi connectivity index (χ2n) is 23.7. The summed E-state index contributed by atoms with van der Waals surface area (Å²) < 4.78 is 64.7. The average molecular weight is 1390 g/mol. The Kier molecular flexibility index (Phi) is 22.1. The van der Waals surface area contributed by atoms with Crippen LogP contribution in [-0.4, -0.2) is 82.5 Å². The molecule has 7 heterocycles. The minimum atomic E-state index is -0.190. The van der Waals surface area contributed by atoms with Crippen molar-refractivity contribution in [2.45, 2.75) is 40.0 Å². The maximum absolute atomic E-state index is 12.3. The van der Waals surface area contributed by atoms with Gasteiger partial charge in [-0.3, -0.25) is 19.2 Å². The van der Waals surface area contributed by atoms with Gasteiger partial charge in [0.2, 0.25) is 42.6 Å². The molecule has 0 amide bonds. The zero-order valence-corrected chi connectivity index (χ0v) is 58.1. The topological polar surface area (TPSA) is 242 Å². The zero-order valence-electron chi connectivity index (χ0n) is 58.1. The van der Waals surface area contributed by atoms with Gasteiger partial charge in [-0.15, -0.1) is 0 Å². The van der Waals surface area contributed by atoms with Gasteiger partial charge in [0.05, 0.1) is 47.8 Å². The van der Waals surface area contributed by atoms with Crippen LogP contribution in [0, 0.1) is 0 Å². The summed E-state index contributed by atoms with van der Waals surface area (Å²) in [6, 6.07) is 64.2. The van der Waals surface area contributed by atoms with Crippen LogP contribution in [0.2, 0.25) is 0 Å². The molecule has 0 aliphatic carbocycles. The lowest BCUT2D eigenvalue weighted by Crippen LogP contribution is -2.06. The van der Waals surface area contributed by atoms with Gasteiger partial charge in [0.25, 0.3) is 0 Å². The van der Waals surface area contributed by atoms with Crippen LogP contribution in [0.4, 0.5) is 0 Å². The second kappa shape index (κ2) is 32.4. The first kappa shape index (κ1) is 70.0. The number of hydrogen-bond donors (Lipinski definition) is 4. The lowest BCUT2D eigenvalue weighted by Gasteiger charge is -2.12. The van der Waals surface area contributed by atoms with Gasteiger partial charge in [0.15, 0.2) is 57.5 Å². The Morgan fingerprint density at radius 3 is 1.05 bits per heavy atom. The summed E-state index contributed by atoms with van der Waals surface area (Å²) in [6.07, 6.45) is 2.88. The summed E-state index contributed by atoms with van der Waals surface area (Å²) in [4.78, 5) is 60.3. The van der Waals surface area contributed by atoms with Crippen molar-refractivity contribution in [1.29, 1.82) is 0 Å². The Morgan fingerprint density at radius 2 is 0.641 bits per heavy atom. The minimum absolute atomic E-state index is 0.125. The number of aromatic nitrogens is 4. The summed E-state index contributed by atoms with van der Waals surface area (Å²) in [5, 5.41) is 0. The van der Waals surface area contributed by atoms with E-state index in [1.165, 1.54) is 11.1 Å². The van der Waals surface area contributed by atoms with Crippen molar-refractivity contribution in [2.24, 2.45) is 0 Å². The summed E-state index contributed by atoms with van der Waals surface area (Å²) in [7, 11) is 7.97. The SMILES string of the molecule is CCCOc1ccc(-c2cc(-c3ccc(OC)c(OC)c3)[nH]c(=O)c2)cc1.CCc1ccc(-c2cc(-c3ccc4c(c3)OCO4)cc(=O)[nH]2)c(OC)c1.CCc1ccc(-c2cc(-c3ccc4c(c3)OCO4)cc(=O)[nH]2)cc1.COc1ccc(-c2cc(-c3ccc4c(c3)OCO4)cc(=O)[nH]2)cc1OC. The van der Waals surface area contributed by atoms with Crippen LogP contribution < -0.4 is 79.1 Å². The number of methoxy groups -OCH3 is 5. The Labute approximate surface area is 593 Å². The third-order valence-corrected chi connectivity index (χ3v) is 17.2. The summed E-state index contributed by atoms with van der Waals surface area (Å²) in [5.41, 5.74) is 15.2. The van der Waals surface area contributed by atoms with E-state index in [-0.39, 0.29) is 42.6 Å². The monoisotopic (exact) mass is 1380 g/mol. The molecular formula is C83H76N4O16. The number of aromatic amines is 4. The fourth-order valence-corrected chi connectivity index (χ4v) is 11.7. The van der Waals surface area contributed by atoms with Gasteiger partial charge in [-0.1, -0.05) is 81.4 Å². The van der Waals surface area contributed by atoms with E-state index in [2.05, 4.69) is 52.8 Å². The van der Waals surface area contributed by atoms with Gasteiger partial charge in [-0.25, -0.2) is 0 Å². The van der Waals surface area contributed by atoms with E-state index in [4.69, 9.17) is 56.8 Å². The zero-order chi connectivity index (χ0) is 71.9. The van der Waals surface area contributed by atoms with E-state index < -0.39 is 0 Å². The highest BCUT2D eigenvalue weighted by Gasteiger charge is 2.20. The van der Waals surface area contributed by atoms with Gasteiger partial charge in [0.1, 0.15) is 11.5 Å². The molecule has 0 bridgehead atoms. The van der Waals surface area contributed by atoms with Crippen molar-refractivity contribution in [1.82, 2.24) is 19.9 Å². The molecule has 0 unspecified atom stereocenters. The highest BCUT2D eigenvalue weighted by Crippen LogP contribution is 2.41. The molecule has 0 saturated heterocycles. The van der Waals surface area contributed by atoms with Crippen molar-refractivity contribution >= 4 is 0 Å². The molecule has 3 aliphatic rings. The molecule has 103 heavy (non-hydrogen) atoms. The number of hydrogen-bond acceptors (Lipinski definition) is 16. The van der Waals surface area contributed by atoms with Crippen LogP contribution in [0.15, 0.2) is 225 Å². The molecule has 8 aromatic carbocycles. The lowest BCUT2D eigenvalue weighted by molar-refractivity contribution is 0.173. The highest BCUT2D eigenvalue weighted by atomic mass is 16.7. The van der Waals surface area contributed by atoms with Crippen LogP contribution in [0.1, 0.15) is 38.3 Å². The van der Waals surface area contributed by atoms with Gasteiger partial charge < -0.3 is 76.8 Å². The number of rotatable bonds is 18. The smallest absolute Gasteiger partial charge is 0.249 e. The summed E-state index contributed by atoms with van der Waals surface area (Å²) in [5.74, 6) is 8.28. The number of fused-ring (bicyclic) bond motifs is 3. The highest BCUT2D eigenvalue weighted by molar-refractivity contribution is 5.78. The van der Waals surface area contributed by atoms with E-state index in [1.807, 2.05) is 164 Å². The largest absolute Gasteiger partial charge is 0.496 e. The van der Waals surface area contributed by atoms with Crippen molar-refractivity contribution in [3.63, 3.8) is 0 Å². The average Bonchev–Trinajstić information content (AvgIpc) is 1.56. The quantitative estimate of drug-likeness (QED) is 0.0624. The van der Waals surface area contributed by atoms with Crippen LogP contribution >= 0.6 is 0 Å². The number of nitrogens with one attached hydrogen (secondary N) is 4. The number of pyridine rings is 4. The molecule has 15 rings (SSSR count). The summed E-state index contributed by atoms with van der Waals surface area (Å²) in [6.45, 7) is 7.65. The Morgan fingerprint density at radius 1 is 0.291 bits per heavy atom. The normalized spacial score (nSPS) is 11.8. The van der Waals surface area contributed by atoms with Crippen LogP contribution in [0.25, 0.3) is 89.5 Å². The predicted molar refractivity (Wildman–Crippen MR) is 397 cm³/mol. The number of aryl methyl sites for hydroxylation is 2. The minimum Gasteiger partial charge on any atom is -0.496 e. The van der Waals surface area contributed by atoms with E-state index in [0.29, 0.717) is 69.7 Å². The molecule has 20 nitrogen and oxygen atoms in total. The maximum Gasteiger partial charge on any atom is 0.249 e. The van der Waals surface area contributed by atoms with Crippen LogP contribution in [0.3, 0.4) is 0 Å². The molecule has 0 spiro atoms. The molecule has 20 heteroatoms. The molecule has 12 aromatic rings. The molecule has 524 valence electrons. The van der Waals surface area contributed by atoms with Crippen molar-refractivity contribution in [3.05, 3.63) is 259 Å². The molecule has 0 fully saturated rings. The fraction of sp³-hybridized carbons (Fsp3) is 0.181. The Bertz CT molecular complexity index is 5250. The predicted octanol–water partition coefficient (Wildman–Crippen LogP) is 16.0. The third-order valence-electron chi connectivity index (χ3n) is 17.2. The Balaban J connectivity index is 0.000000129. The third kappa shape index (κ3) is 16.7. The molecule has 0 radical (unpaired) electrons. The molecule has 4 aromatic heterocycles. The number of benzene rings is 8. The first-order chi connectivity index (χ1) is 50.2. The van der Waals surface area contributed by atoms with Crippen molar-refractivity contribution in [2.75, 3.05) is 62.5 Å². The van der Waals surface area contributed by atoms with E-state index in [0.717, 1.165) is 115 Å². The van der Waals surface area contributed by atoms with Gasteiger partial charge in [-0.05, 0) is 202 Å². The number of H-pyrrole nitrogens is 4. The van der Waals surface area contributed by atoms with Crippen molar-refractivity contribution < 1.29 is 56.8 Å². The van der Waals surface area contributed by atoms with E-state index in [9.17, 15) is 19.2 Å². The Hall–Kier alpha value is -12.8. The first-order valence-electron chi connectivity index (χ1n) is 33.3. The standard InChI is InChI=1S/C22H23NO4.C21H19NO4.C20H17NO5.C20H17NO3/c1-4-11-27-18-8-5-15(6-9-18)17-12-19(23-22(24)14-17)16-7-10-20(25-2)21(13-16)26-3;1-3-13-4-6-16(19(8-13)24-2)17-9-15(11-21(23)22-17)14-5-7-18-20(10-14)26-12-25-18;1-23-16-5-4-13(9-18(16)24-2)15-7-14(10-20(22)21-15)12-3-6-17-19(8-12)26-11-25-17;1-2-13-3-5-14(6-4-13)17-9-16(11-20(22)21-17)15-7-8-18-19(10-15)24-12-23-18/h5-10,12-14H,4,11H2,1-3H3,(H,23,24);4-11H,3,12H2,1-2H3,(H,22,23);3-10H,11H2,1-2H3,(H,21,22);3-11H,2,12H2,1H3,(H,21,22). The van der Waals surface area contributed by atoms with Gasteiger partial charge in [0, 0.05) is 58.0 Å². The molecule has 4 N–H and O–H groups in total. The van der Waals surface area contributed by atoms with E-state index in [1.54, 1.807) is 65.9 Å². The lowest BCUT2D eigenvalue weighted by atomic mass is 10.0. The molecular weight excluding hydrogens is 1310 g/mol. The fourth-order valence-electron chi connectivity index (χ4n) is 11.7. The first-order valence-corrected chi connectivity index (χ1v) is 33.3. The van der Waals surface area contributed by atoms with Gasteiger partial charge >= 0.3 is 0 Å². The molecule has 0 saturated carbocycles. The van der Waals surface area contributed by atoms with Crippen molar-refractivity contribution in [3.8, 4) is 159 Å². The second-order valence-corrected chi connectivity index (χ2v) is 23.7. The number of ether oxygens (including phenoxy) is 12.